The number of hydrogen-bond acceptors (Lipinski definition) is 5. The second-order valence-electron chi connectivity index (χ2n) is 7.06. The molecule has 3 heterocycles. The fraction of sp³-hybridized carbons (Fsp3) is 0.579. The van der Waals surface area contributed by atoms with Gasteiger partial charge < -0.3 is 21.3 Å². The number of halogens is 1. The van der Waals surface area contributed by atoms with Crippen LogP contribution in [0.15, 0.2) is 29.4 Å². The van der Waals surface area contributed by atoms with Gasteiger partial charge in [0, 0.05) is 25.8 Å². The van der Waals surface area contributed by atoms with Gasteiger partial charge in [-0.25, -0.2) is 4.99 Å². The zero-order valence-corrected chi connectivity index (χ0v) is 19.2. The van der Waals surface area contributed by atoms with E-state index in [4.69, 9.17) is 5.73 Å². The first-order valence-corrected chi connectivity index (χ1v) is 10.00. The highest BCUT2D eigenvalue weighted by Gasteiger charge is 2.23. The van der Waals surface area contributed by atoms with E-state index in [0.717, 1.165) is 69.4 Å². The minimum absolute atomic E-state index is 0. The molecular weight excluding hydrogens is 483 g/mol. The number of aromatic nitrogens is 3. The topological polar surface area (TPSA) is 113 Å². The third-order valence-corrected chi connectivity index (χ3v) is 4.96. The van der Waals surface area contributed by atoms with E-state index in [-0.39, 0.29) is 35.8 Å². The number of pyridine rings is 1. The first kappa shape index (κ1) is 23.3. The molecule has 1 aliphatic heterocycles. The van der Waals surface area contributed by atoms with Crippen LogP contribution in [0.1, 0.15) is 32.0 Å². The summed E-state index contributed by atoms with van der Waals surface area (Å²) in [7, 11) is 0. The van der Waals surface area contributed by atoms with Gasteiger partial charge in [-0.2, -0.15) is 0 Å². The second-order valence-corrected chi connectivity index (χ2v) is 7.06. The predicted octanol–water partition coefficient (Wildman–Crippen LogP) is 0.990. The molecule has 3 rings (SSSR count). The van der Waals surface area contributed by atoms with Crippen molar-refractivity contribution in [3.05, 3.63) is 30.2 Å². The Hall–Kier alpha value is -1.95. The van der Waals surface area contributed by atoms with E-state index < -0.39 is 0 Å². The molecule has 2 aromatic heterocycles. The van der Waals surface area contributed by atoms with Crippen LogP contribution in [-0.4, -0.2) is 64.1 Å². The number of guanidine groups is 1. The van der Waals surface area contributed by atoms with Crippen molar-refractivity contribution in [1.29, 1.82) is 0 Å². The Morgan fingerprint density at radius 2 is 2.21 bits per heavy atom. The molecule has 2 aromatic rings. The van der Waals surface area contributed by atoms with Crippen LogP contribution < -0.4 is 16.4 Å². The molecule has 160 valence electrons. The lowest BCUT2D eigenvalue weighted by atomic mass is 9.97. The van der Waals surface area contributed by atoms with Crippen LogP contribution in [0, 0.1) is 5.92 Å². The van der Waals surface area contributed by atoms with E-state index >= 15 is 0 Å². The number of aliphatic imine (C=N–C) groups is 1. The van der Waals surface area contributed by atoms with Gasteiger partial charge in [0.25, 0.3) is 0 Å². The molecule has 1 saturated heterocycles. The van der Waals surface area contributed by atoms with Crippen molar-refractivity contribution < 1.29 is 4.79 Å². The monoisotopic (exact) mass is 514 g/mol. The SMILES string of the molecule is CCNC(=NCc1nnc2ccccn12)NCCCN1CCCC(C(N)=O)C1.I. The average molecular weight is 514 g/mol. The lowest BCUT2D eigenvalue weighted by Crippen LogP contribution is -2.43. The summed E-state index contributed by atoms with van der Waals surface area (Å²) < 4.78 is 1.94. The van der Waals surface area contributed by atoms with E-state index in [2.05, 4.69) is 30.7 Å². The van der Waals surface area contributed by atoms with Crippen molar-refractivity contribution in [2.75, 3.05) is 32.7 Å². The highest BCUT2D eigenvalue weighted by atomic mass is 127. The molecule has 1 amide bonds. The number of nitrogens with one attached hydrogen (secondary N) is 2. The van der Waals surface area contributed by atoms with Crippen LogP contribution in [0.2, 0.25) is 0 Å². The summed E-state index contributed by atoms with van der Waals surface area (Å²) in [5, 5.41) is 15.0. The number of primary amides is 1. The molecule has 29 heavy (non-hydrogen) atoms. The molecule has 1 fully saturated rings. The van der Waals surface area contributed by atoms with Gasteiger partial charge in [0.15, 0.2) is 17.4 Å². The zero-order chi connectivity index (χ0) is 19.8. The molecule has 0 aromatic carbocycles. The lowest BCUT2D eigenvalue weighted by Gasteiger charge is -2.31. The van der Waals surface area contributed by atoms with E-state index in [9.17, 15) is 4.79 Å². The molecule has 0 bridgehead atoms. The second kappa shape index (κ2) is 11.9. The highest BCUT2D eigenvalue weighted by Crippen LogP contribution is 2.15. The minimum Gasteiger partial charge on any atom is -0.369 e. The van der Waals surface area contributed by atoms with Crippen LogP contribution in [0.5, 0.6) is 0 Å². The standard InChI is InChI=1S/C19H30N8O.HI/c1-2-21-19(23-13-17-25-24-16-8-3-4-12-27(16)17)22-9-6-11-26-10-5-7-15(14-26)18(20)28;/h3-4,8,12,15H,2,5-7,9-11,13-14H2,1H3,(H2,20,28)(H2,21,22,23);1H. The summed E-state index contributed by atoms with van der Waals surface area (Å²) in [6.45, 7) is 6.86. The third kappa shape index (κ3) is 6.81. The fourth-order valence-electron chi connectivity index (χ4n) is 3.49. The number of carbonyl (C=O) groups excluding carboxylic acids is 1. The molecular formula is C19H31IN8O. The van der Waals surface area contributed by atoms with Crippen LogP contribution in [-0.2, 0) is 11.3 Å². The predicted molar refractivity (Wildman–Crippen MR) is 124 cm³/mol. The number of fused-ring (bicyclic) bond motifs is 1. The number of amides is 1. The Bertz CT molecular complexity index is 808. The number of nitrogens with zero attached hydrogens (tertiary/aromatic N) is 5. The molecule has 0 radical (unpaired) electrons. The molecule has 0 saturated carbocycles. The average Bonchev–Trinajstić information content (AvgIpc) is 3.12. The summed E-state index contributed by atoms with van der Waals surface area (Å²) >= 11 is 0. The van der Waals surface area contributed by atoms with Crippen LogP contribution >= 0.6 is 24.0 Å². The van der Waals surface area contributed by atoms with E-state index in [1.54, 1.807) is 0 Å². The Morgan fingerprint density at radius 1 is 1.34 bits per heavy atom. The van der Waals surface area contributed by atoms with Gasteiger partial charge in [-0.1, -0.05) is 6.07 Å². The largest absolute Gasteiger partial charge is 0.369 e. The number of nitrogens with two attached hydrogens (primary N) is 1. The van der Waals surface area contributed by atoms with Gasteiger partial charge in [-0.05, 0) is 51.4 Å². The van der Waals surface area contributed by atoms with Crippen LogP contribution in [0.3, 0.4) is 0 Å². The van der Waals surface area contributed by atoms with Gasteiger partial charge >= 0.3 is 0 Å². The van der Waals surface area contributed by atoms with E-state index in [1.165, 1.54) is 0 Å². The van der Waals surface area contributed by atoms with Gasteiger partial charge in [-0.3, -0.25) is 9.20 Å². The molecule has 1 aliphatic rings. The van der Waals surface area contributed by atoms with Crippen molar-refractivity contribution in [1.82, 2.24) is 30.1 Å². The van der Waals surface area contributed by atoms with Gasteiger partial charge in [0.2, 0.25) is 5.91 Å². The highest BCUT2D eigenvalue weighted by molar-refractivity contribution is 14.0. The van der Waals surface area contributed by atoms with Crippen molar-refractivity contribution in [3.63, 3.8) is 0 Å². The number of carbonyl (C=O) groups is 1. The van der Waals surface area contributed by atoms with E-state index in [1.807, 2.05) is 35.7 Å². The van der Waals surface area contributed by atoms with Gasteiger partial charge in [0.05, 0.1) is 5.92 Å². The lowest BCUT2D eigenvalue weighted by molar-refractivity contribution is -0.123. The Labute approximate surface area is 188 Å². The van der Waals surface area contributed by atoms with Gasteiger partial charge in [-0.15, -0.1) is 34.2 Å². The van der Waals surface area contributed by atoms with Crippen molar-refractivity contribution in [2.24, 2.45) is 16.6 Å². The molecule has 0 spiro atoms. The van der Waals surface area contributed by atoms with Crippen LogP contribution in [0.4, 0.5) is 0 Å². The molecule has 9 nitrogen and oxygen atoms in total. The molecule has 1 unspecified atom stereocenters. The van der Waals surface area contributed by atoms with Gasteiger partial charge in [0.1, 0.15) is 6.54 Å². The summed E-state index contributed by atoms with van der Waals surface area (Å²) in [5.41, 5.74) is 6.27. The van der Waals surface area contributed by atoms with Crippen molar-refractivity contribution >= 4 is 41.5 Å². The van der Waals surface area contributed by atoms with Crippen molar-refractivity contribution in [2.45, 2.75) is 32.7 Å². The fourth-order valence-corrected chi connectivity index (χ4v) is 3.49. The number of likely N-dealkylation sites (tertiary alicyclic amines) is 1. The number of piperidine rings is 1. The van der Waals surface area contributed by atoms with Crippen LogP contribution in [0.25, 0.3) is 5.65 Å². The molecule has 1 atom stereocenters. The Balaban J connectivity index is 0.00000300. The normalized spacial score (nSPS) is 17.7. The smallest absolute Gasteiger partial charge is 0.221 e. The first-order chi connectivity index (χ1) is 13.7. The first-order valence-electron chi connectivity index (χ1n) is 10.00. The summed E-state index contributed by atoms with van der Waals surface area (Å²) in [4.78, 5) is 18.3. The maximum atomic E-state index is 11.4. The van der Waals surface area contributed by atoms with E-state index in [0.29, 0.717) is 6.54 Å². The summed E-state index contributed by atoms with van der Waals surface area (Å²) in [5.74, 6) is 1.39. The Kier molecular flexibility index (Phi) is 9.58. The zero-order valence-electron chi connectivity index (χ0n) is 16.9. The molecule has 4 N–H and O–H groups in total. The summed E-state index contributed by atoms with van der Waals surface area (Å²) in [6, 6.07) is 5.82. The quantitative estimate of drug-likeness (QED) is 0.210. The number of rotatable bonds is 8. The third-order valence-electron chi connectivity index (χ3n) is 4.96. The van der Waals surface area contributed by atoms with Crippen molar-refractivity contribution in [3.8, 4) is 0 Å². The Morgan fingerprint density at radius 3 is 3.00 bits per heavy atom. The number of hydrogen-bond donors (Lipinski definition) is 3. The maximum Gasteiger partial charge on any atom is 0.221 e. The maximum absolute atomic E-state index is 11.4. The minimum atomic E-state index is -0.176. The molecule has 10 heteroatoms. The summed E-state index contributed by atoms with van der Waals surface area (Å²) in [6.07, 6.45) is 4.87. The molecule has 0 aliphatic carbocycles.